The molecule has 18 heavy (non-hydrogen) atoms. The molecular formula is C12H11Cl2N3O. The standard InChI is InChI=1S/C12H11Cl2N3O/c1-7(11-15-5-6-16-11)17-12(18)8-3-2-4-9(13)10(8)14/h2-7H,1H3,(H,15,16)(H,17,18). The number of H-pyrrole nitrogens is 1. The zero-order chi connectivity index (χ0) is 13.1. The Labute approximate surface area is 114 Å². The van der Waals surface area contributed by atoms with Gasteiger partial charge in [-0.1, -0.05) is 29.3 Å². The Kier molecular flexibility index (Phi) is 3.89. The molecule has 0 aliphatic heterocycles. The summed E-state index contributed by atoms with van der Waals surface area (Å²) in [4.78, 5) is 19.0. The van der Waals surface area contributed by atoms with Crippen LogP contribution in [0.15, 0.2) is 30.6 Å². The van der Waals surface area contributed by atoms with Crippen LogP contribution in [0.3, 0.4) is 0 Å². The molecule has 1 unspecified atom stereocenters. The minimum absolute atomic E-state index is 0.234. The van der Waals surface area contributed by atoms with Gasteiger partial charge in [0.05, 0.1) is 21.7 Å². The lowest BCUT2D eigenvalue weighted by Gasteiger charge is -2.12. The van der Waals surface area contributed by atoms with Crippen molar-refractivity contribution in [3.05, 3.63) is 52.0 Å². The average Bonchev–Trinajstić information content (AvgIpc) is 2.86. The molecule has 1 heterocycles. The van der Waals surface area contributed by atoms with Crippen LogP contribution in [0.25, 0.3) is 0 Å². The van der Waals surface area contributed by atoms with E-state index in [1.165, 1.54) is 0 Å². The SMILES string of the molecule is CC(NC(=O)c1cccc(Cl)c1Cl)c1ncc[nH]1. The molecule has 0 bridgehead atoms. The molecule has 0 spiro atoms. The van der Waals surface area contributed by atoms with Crippen LogP contribution in [-0.2, 0) is 0 Å². The van der Waals surface area contributed by atoms with Crippen LogP contribution < -0.4 is 5.32 Å². The van der Waals surface area contributed by atoms with Crippen LogP contribution in [0, 0.1) is 0 Å². The summed E-state index contributed by atoms with van der Waals surface area (Å²) >= 11 is 11.8. The molecule has 0 radical (unpaired) electrons. The topological polar surface area (TPSA) is 57.8 Å². The van der Waals surface area contributed by atoms with E-state index in [9.17, 15) is 4.79 Å². The molecular weight excluding hydrogens is 273 g/mol. The van der Waals surface area contributed by atoms with Gasteiger partial charge in [-0.3, -0.25) is 4.79 Å². The smallest absolute Gasteiger partial charge is 0.253 e. The Balaban J connectivity index is 2.15. The second-order valence-electron chi connectivity index (χ2n) is 3.77. The molecule has 0 aliphatic carbocycles. The van der Waals surface area contributed by atoms with E-state index in [-0.39, 0.29) is 17.0 Å². The van der Waals surface area contributed by atoms with E-state index in [2.05, 4.69) is 15.3 Å². The van der Waals surface area contributed by atoms with Gasteiger partial charge in [0, 0.05) is 12.4 Å². The van der Waals surface area contributed by atoms with E-state index in [0.717, 1.165) is 0 Å². The molecule has 0 aliphatic rings. The fourth-order valence-electron chi connectivity index (χ4n) is 1.54. The predicted molar refractivity (Wildman–Crippen MR) is 70.9 cm³/mol. The summed E-state index contributed by atoms with van der Waals surface area (Å²) in [6.45, 7) is 1.83. The van der Waals surface area contributed by atoms with E-state index in [0.29, 0.717) is 16.4 Å². The van der Waals surface area contributed by atoms with Crippen molar-refractivity contribution in [2.45, 2.75) is 13.0 Å². The molecule has 1 aromatic heterocycles. The lowest BCUT2D eigenvalue weighted by molar-refractivity contribution is 0.0938. The maximum Gasteiger partial charge on any atom is 0.253 e. The summed E-state index contributed by atoms with van der Waals surface area (Å²) in [5, 5.41) is 3.40. The number of nitrogens with one attached hydrogen (secondary N) is 2. The first-order valence-corrected chi connectivity index (χ1v) is 6.09. The summed E-state index contributed by atoms with van der Waals surface area (Å²) in [5.41, 5.74) is 0.350. The Bertz CT molecular complexity index is 554. The van der Waals surface area contributed by atoms with Gasteiger partial charge in [0.1, 0.15) is 5.82 Å². The van der Waals surface area contributed by atoms with E-state index < -0.39 is 0 Å². The molecule has 1 amide bonds. The first kappa shape index (κ1) is 12.9. The van der Waals surface area contributed by atoms with Crippen molar-refractivity contribution in [2.24, 2.45) is 0 Å². The number of carbonyl (C=O) groups is 1. The number of rotatable bonds is 3. The average molecular weight is 284 g/mol. The van der Waals surface area contributed by atoms with Crippen molar-refractivity contribution in [1.82, 2.24) is 15.3 Å². The first-order chi connectivity index (χ1) is 8.59. The Morgan fingerprint density at radius 3 is 2.89 bits per heavy atom. The highest BCUT2D eigenvalue weighted by Crippen LogP contribution is 2.25. The number of halogens is 2. The van der Waals surface area contributed by atoms with Crippen molar-refractivity contribution in [3.63, 3.8) is 0 Å². The van der Waals surface area contributed by atoms with Gasteiger partial charge in [0.15, 0.2) is 0 Å². The number of nitrogens with zero attached hydrogens (tertiary/aromatic N) is 1. The minimum Gasteiger partial charge on any atom is -0.347 e. The summed E-state index contributed by atoms with van der Waals surface area (Å²) in [5.74, 6) is 0.396. The number of benzene rings is 1. The van der Waals surface area contributed by atoms with Crippen LogP contribution in [0.5, 0.6) is 0 Å². The summed E-state index contributed by atoms with van der Waals surface area (Å²) in [6.07, 6.45) is 3.33. The summed E-state index contributed by atoms with van der Waals surface area (Å²) in [6, 6.07) is 4.71. The fraction of sp³-hybridized carbons (Fsp3) is 0.167. The quantitative estimate of drug-likeness (QED) is 0.909. The van der Waals surface area contributed by atoms with Crippen LogP contribution >= 0.6 is 23.2 Å². The van der Waals surface area contributed by atoms with Crippen LogP contribution in [0.1, 0.15) is 29.1 Å². The monoisotopic (exact) mass is 283 g/mol. The molecule has 6 heteroatoms. The van der Waals surface area contributed by atoms with Crippen LogP contribution in [0.4, 0.5) is 0 Å². The third-order valence-corrected chi connectivity index (χ3v) is 3.29. The Morgan fingerprint density at radius 1 is 1.44 bits per heavy atom. The summed E-state index contributed by atoms with van der Waals surface area (Å²) < 4.78 is 0. The molecule has 2 N–H and O–H groups in total. The molecule has 0 saturated heterocycles. The highest BCUT2D eigenvalue weighted by atomic mass is 35.5. The first-order valence-electron chi connectivity index (χ1n) is 5.33. The highest BCUT2D eigenvalue weighted by Gasteiger charge is 2.16. The predicted octanol–water partition coefficient (Wildman–Crippen LogP) is 3.21. The number of carbonyl (C=O) groups excluding carboxylic acids is 1. The van der Waals surface area contributed by atoms with Gasteiger partial charge in [-0.2, -0.15) is 0 Å². The number of hydrogen-bond acceptors (Lipinski definition) is 2. The Morgan fingerprint density at radius 2 is 2.22 bits per heavy atom. The lowest BCUT2D eigenvalue weighted by atomic mass is 10.2. The van der Waals surface area contributed by atoms with Crippen molar-refractivity contribution < 1.29 is 4.79 Å². The number of aromatic nitrogens is 2. The number of hydrogen-bond donors (Lipinski definition) is 2. The van der Waals surface area contributed by atoms with Crippen molar-refractivity contribution >= 4 is 29.1 Å². The number of imidazole rings is 1. The second kappa shape index (κ2) is 5.42. The van der Waals surface area contributed by atoms with E-state index in [1.807, 2.05) is 6.92 Å². The van der Waals surface area contributed by atoms with E-state index in [1.54, 1.807) is 30.6 Å². The molecule has 94 valence electrons. The van der Waals surface area contributed by atoms with Gasteiger partial charge in [-0.05, 0) is 19.1 Å². The normalized spacial score (nSPS) is 12.2. The third kappa shape index (κ3) is 2.66. The van der Waals surface area contributed by atoms with Gasteiger partial charge < -0.3 is 10.3 Å². The second-order valence-corrected chi connectivity index (χ2v) is 4.56. The maximum atomic E-state index is 12.0. The fourth-order valence-corrected chi connectivity index (χ4v) is 1.92. The lowest BCUT2D eigenvalue weighted by Crippen LogP contribution is -2.27. The van der Waals surface area contributed by atoms with Crippen molar-refractivity contribution in [2.75, 3.05) is 0 Å². The van der Waals surface area contributed by atoms with Crippen molar-refractivity contribution in [3.8, 4) is 0 Å². The molecule has 2 aromatic rings. The highest BCUT2D eigenvalue weighted by molar-refractivity contribution is 6.43. The molecule has 1 aromatic carbocycles. The van der Waals surface area contributed by atoms with Gasteiger partial charge in [0.25, 0.3) is 5.91 Å². The number of amides is 1. The largest absolute Gasteiger partial charge is 0.347 e. The molecule has 0 fully saturated rings. The zero-order valence-electron chi connectivity index (χ0n) is 9.58. The van der Waals surface area contributed by atoms with Gasteiger partial charge >= 0.3 is 0 Å². The summed E-state index contributed by atoms with van der Waals surface area (Å²) in [7, 11) is 0. The zero-order valence-corrected chi connectivity index (χ0v) is 11.1. The van der Waals surface area contributed by atoms with Gasteiger partial charge in [-0.25, -0.2) is 4.98 Å². The van der Waals surface area contributed by atoms with Gasteiger partial charge in [0.2, 0.25) is 0 Å². The molecule has 0 saturated carbocycles. The minimum atomic E-state index is -0.286. The molecule has 2 rings (SSSR count). The Hall–Kier alpha value is -1.52. The molecule has 1 atom stereocenters. The van der Waals surface area contributed by atoms with Crippen molar-refractivity contribution in [1.29, 1.82) is 0 Å². The third-order valence-electron chi connectivity index (χ3n) is 2.47. The van der Waals surface area contributed by atoms with Crippen LogP contribution in [-0.4, -0.2) is 15.9 Å². The van der Waals surface area contributed by atoms with E-state index >= 15 is 0 Å². The molecule has 4 nitrogen and oxygen atoms in total. The van der Waals surface area contributed by atoms with E-state index in [4.69, 9.17) is 23.2 Å². The maximum absolute atomic E-state index is 12.0. The van der Waals surface area contributed by atoms with Gasteiger partial charge in [-0.15, -0.1) is 0 Å². The van der Waals surface area contributed by atoms with Crippen LogP contribution in [0.2, 0.25) is 10.0 Å². The number of aromatic amines is 1.